The van der Waals surface area contributed by atoms with E-state index in [2.05, 4.69) is 15.3 Å². The molecule has 0 radical (unpaired) electrons. The van der Waals surface area contributed by atoms with Crippen LogP contribution in [0, 0.1) is 0 Å². The molecule has 0 unspecified atom stereocenters. The van der Waals surface area contributed by atoms with Crippen molar-refractivity contribution in [3.63, 3.8) is 0 Å². The van der Waals surface area contributed by atoms with Gasteiger partial charge in [0.1, 0.15) is 12.1 Å². The third kappa shape index (κ3) is 1.40. The molecule has 1 aliphatic rings. The fourth-order valence-electron chi connectivity index (χ4n) is 1.54. The van der Waals surface area contributed by atoms with Crippen molar-refractivity contribution in [1.29, 1.82) is 0 Å². The van der Waals surface area contributed by atoms with Crippen LogP contribution in [0.25, 0.3) is 0 Å². The third-order valence-corrected chi connectivity index (χ3v) is 2.22. The molecule has 0 spiro atoms. The third-order valence-electron chi connectivity index (χ3n) is 2.22. The summed E-state index contributed by atoms with van der Waals surface area (Å²) in [6.45, 7) is 5.81. The molecule has 0 aromatic carbocycles. The van der Waals surface area contributed by atoms with Crippen molar-refractivity contribution in [1.82, 2.24) is 9.97 Å². The lowest BCUT2D eigenvalue weighted by Gasteiger charge is -2.18. The molecule has 5 heteroatoms. The Kier molecular flexibility index (Phi) is 1.86. The van der Waals surface area contributed by atoms with Crippen LogP contribution < -0.4 is 5.32 Å². The lowest BCUT2D eigenvalue weighted by molar-refractivity contribution is -0.112. The second-order valence-corrected chi connectivity index (χ2v) is 4.48. The van der Waals surface area contributed by atoms with Crippen LogP contribution in [0.1, 0.15) is 36.8 Å². The number of Topliss-reactive ketones (excluding diaryl/α,β-unsaturated/α-hetero) is 1. The highest BCUT2D eigenvalue weighted by molar-refractivity contribution is 6.51. The Morgan fingerprint density at radius 3 is 2.47 bits per heavy atom. The molecule has 1 aromatic rings. The molecular formula is C10H11N3O2. The van der Waals surface area contributed by atoms with Crippen LogP contribution in [-0.4, -0.2) is 21.7 Å². The average Bonchev–Trinajstić information content (AvgIpc) is 2.41. The van der Waals surface area contributed by atoms with Crippen molar-refractivity contribution in [3.8, 4) is 0 Å². The van der Waals surface area contributed by atoms with Gasteiger partial charge in [0, 0.05) is 5.41 Å². The molecule has 1 N–H and O–H groups in total. The second kappa shape index (κ2) is 2.85. The topological polar surface area (TPSA) is 72.0 Å². The quantitative estimate of drug-likeness (QED) is 0.639. The van der Waals surface area contributed by atoms with Crippen LogP contribution in [0.3, 0.4) is 0 Å². The van der Waals surface area contributed by atoms with E-state index in [0.29, 0.717) is 17.1 Å². The van der Waals surface area contributed by atoms with Gasteiger partial charge in [-0.05, 0) is 0 Å². The molecule has 0 saturated carbocycles. The number of aromatic nitrogens is 2. The first-order valence-electron chi connectivity index (χ1n) is 4.62. The van der Waals surface area contributed by atoms with Crippen molar-refractivity contribution < 1.29 is 9.59 Å². The molecule has 0 bridgehead atoms. The number of carbonyl (C=O) groups is 2. The summed E-state index contributed by atoms with van der Waals surface area (Å²) >= 11 is 0. The lowest BCUT2D eigenvalue weighted by Crippen LogP contribution is -2.19. The minimum Gasteiger partial charge on any atom is -0.303 e. The Morgan fingerprint density at radius 2 is 1.87 bits per heavy atom. The van der Waals surface area contributed by atoms with Gasteiger partial charge in [0.05, 0.1) is 11.3 Å². The van der Waals surface area contributed by atoms with Crippen LogP contribution in [-0.2, 0) is 10.2 Å². The van der Waals surface area contributed by atoms with E-state index in [1.807, 2.05) is 20.8 Å². The molecule has 0 saturated heterocycles. The molecule has 1 aromatic heterocycles. The van der Waals surface area contributed by atoms with E-state index >= 15 is 0 Å². The first-order chi connectivity index (χ1) is 6.91. The zero-order chi connectivity index (χ0) is 11.2. The Hall–Kier alpha value is -1.78. The Bertz CT molecular complexity index is 460. The lowest BCUT2D eigenvalue weighted by atomic mass is 9.88. The van der Waals surface area contributed by atoms with Crippen molar-refractivity contribution in [2.75, 3.05) is 5.32 Å². The van der Waals surface area contributed by atoms with Gasteiger partial charge in [-0.3, -0.25) is 9.59 Å². The minimum absolute atomic E-state index is 0.283. The fourth-order valence-corrected chi connectivity index (χ4v) is 1.54. The SMILES string of the molecule is CC(C)(C)c1ncnc2c1C(=O)C(=O)N2. The zero-order valence-corrected chi connectivity index (χ0v) is 8.79. The van der Waals surface area contributed by atoms with Crippen molar-refractivity contribution in [3.05, 3.63) is 17.6 Å². The molecule has 2 heterocycles. The highest BCUT2D eigenvalue weighted by atomic mass is 16.2. The predicted octanol–water partition coefficient (Wildman–Crippen LogP) is 0.909. The standard InChI is InChI=1S/C10H11N3O2/c1-10(2,3)7-5-6(14)9(15)13-8(5)12-4-11-7/h4H,1-3H3,(H,11,12,13,14,15). The number of fused-ring (bicyclic) bond motifs is 1. The Balaban J connectivity index is 2.68. The number of anilines is 1. The first-order valence-corrected chi connectivity index (χ1v) is 4.62. The summed E-state index contributed by atoms with van der Waals surface area (Å²) in [6, 6.07) is 0. The number of hydrogen-bond donors (Lipinski definition) is 1. The molecule has 1 aliphatic heterocycles. The monoisotopic (exact) mass is 205 g/mol. The average molecular weight is 205 g/mol. The molecule has 15 heavy (non-hydrogen) atoms. The van der Waals surface area contributed by atoms with Crippen LogP contribution in [0.5, 0.6) is 0 Å². The summed E-state index contributed by atoms with van der Waals surface area (Å²) in [7, 11) is 0. The van der Waals surface area contributed by atoms with Gasteiger partial charge in [0.2, 0.25) is 0 Å². The highest BCUT2D eigenvalue weighted by Crippen LogP contribution is 2.30. The number of hydrogen-bond acceptors (Lipinski definition) is 4. The van der Waals surface area contributed by atoms with Gasteiger partial charge in [-0.15, -0.1) is 0 Å². The van der Waals surface area contributed by atoms with Crippen LogP contribution in [0.2, 0.25) is 0 Å². The van der Waals surface area contributed by atoms with E-state index in [-0.39, 0.29) is 5.41 Å². The Morgan fingerprint density at radius 1 is 1.20 bits per heavy atom. The summed E-state index contributed by atoms with van der Waals surface area (Å²) in [5.74, 6) is -0.851. The zero-order valence-electron chi connectivity index (χ0n) is 8.79. The normalized spacial score (nSPS) is 15.1. The summed E-state index contributed by atoms with van der Waals surface area (Å²) < 4.78 is 0. The largest absolute Gasteiger partial charge is 0.303 e. The molecule has 0 fully saturated rings. The van der Waals surface area contributed by atoms with E-state index in [1.165, 1.54) is 6.33 Å². The summed E-state index contributed by atoms with van der Waals surface area (Å²) in [5, 5.41) is 2.42. The first kappa shape index (κ1) is 9.76. The van der Waals surface area contributed by atoms with E-state index in [0.717, 1.165) is 0 Å². The maximum atomic E-state index is 11.6. The number of carbonyl (C=O) groups excluding carboxylic acids is 2. The predicted molar refractivity (Wildman–Crippen MR) is 53.7 cm³/mol. The maximum Gasteiger partial charge on any atom is 0.298 e. The summed E-state index contributed by atoms with van der Waals surface area (Å²) in [5.41, 5.74) is 0.639. The molecule has 0 atom stereocenters. The number of ketones is 1. The number of nitrogens with zero attached hydrogens (tertiary/aromatic N) is 2. The smallest absolute Gasteiger partial charge is 0.298 e. The van der Waals surface area contributed by atoms with E-state index in [4.69, 9.17) is 0 Å². The molecular weight excluding hydrogens is 194 g/mol. The molecule has 1 amide bonds. The second-order valence-electron chi connectivity index (χ2n) is 4.48. The van der Waals surface area contributed by atoms with E-state index in [9.17, 15) is 9.59 Å². The molecule has 2 rings (SSSR count). The van der Waals surface area contributed by atoms with Gasteiger partial charge in [0.15, 0.2) is 0 Å². The minimum atomic E-state index is -0.629. The van der Waals surface area contributed by atoms with Gasteiger partial charge in [0.25, 0.3) is 11.7 Å². The van der Waals surface area contributed by atoms with Gasteiger partial charge in [-0.25, -0.2) is 9.97 Å². The number of rotatable bonds is 0. The van der Waals surface area contributed by atoms with Gasteiger partial charge in [-0.2, -0.15) is 0 Å². The van der Waals surface area contributed by atoms with Gasteiger partial charge < -0.3 is 5.32 Å². The molecule has 78 valence electrons. The maximum absolute atomic E-state index is 11.6. The molecule has 0 aliphatic carbocycles. The number of nitrogens with one attached hydrogen (secondary N) is 1. The molecule has 5 nitrogen and oxygen atoms in total. The van der Waals surface area contributed by atoms with Crippen molar-refractivity contribution in [2.24, 2.45) is 0 Å². The van der Waals surface area contributed by atoms with Crippen LogP contribution in [0.4, 0.5) is 5.82 Å². The summed E-state index contributed by atoms with van der Waals surface area (Å²) in [4.78, 5) is 30.7. The fraction of sp³-hybridized carbons (Fsp3) is 0.400. The van der Waals surface area contributed by atoms with Crippen LogP contribution >= 0.6 is 0 Å². The van der Waals surface area contributed by atoms with E-state index in [1.54, 1.807) is 0 Å². The van der Waals surface area contributed by atoms with Crippen LogP contribution in [0.15, 0.2) is 6.33 Å². The van der Waals surface area contributed by atoms with Gasteiger partial charge in [-0.1, -0.05) is 20.8 Å². The number of amides is 1. The highest BCUT2D eigenvalue weighted by Gasteiger charge is 2.35. The van der Waals surface area contributed by atoms with Crippen molar-refractivity contribution >= 4 is 17.5 Å². The van der Waals surface area contributed by atoms with Gasteiger partial charge >= 0.3 is 0 Å². The van der Waals surface area contributed by atoms with E-state index < -0.39 is 11.7 Å². The van der Waals surface area contributed by atoms with Crippen molar-refractivity contribution in [2.45, 2.75) is 26.2 Å². The summed E-state index contributed by atoms with van der Waals surface area (Å²) in [6.07, 6.45) is 1.36. The Labute approximate surface area is 86.9 Å².